The molecule has 0 spiro atoms. The number of likely N-dealkylation sites (N-methyl/N-ethyl adjacent to an activating group) is 1. The van der Waals surface area contributed by atoms with Crippen molar-refractivity contribution >= 4 is 44.4 Å². The van der Waals surface area contributed by atoms with E-state index in [-0.39, 0.29) is 18.3 Å². The fraction of sp³-hybridized carbons (Fsp3) is 0.190. The van der Waals surface area contributed by atoms with Crippen molar-refractivity contribution in [2.45, 2.75) is 13.5 Å². The third-order valence-electron chi connectivity index (χ3n) is 4.49. The Bertz CT molecular complexity index is 1140. The van der Waals surface area contributed by atoms with Crippen LogP contribution in [0.4, 0.5) is 0 Å². The average molecular weight is 394 g/mol. The molecule has 2 heterocycles. The Hall–Kier alpha value is -3.19. The zero-order valence-electron chi connectivity index (χ0n) is 15.5. The van der Waals surface area contributed by atoms with Gasteiger partial charge in [-0.15, -0.1) is 11.3 Å². The first-order valence-electron chi connectivity index (χ1n) is 8.76. The molecule has 4 aromatic rings. The van der Waals surface area contributed by atoms with Crippen molar-refractivity contribution in [2.24, 2.45) is 0 Å². The maximum Gasteiger partial charge on any atom is 0.375 e. The summed E-state index contributed by atoms with van der Waals surface area (Å²) in [6, 6.07) is 15.2. The van der Waals surface area contributed by atoms with Crippen molar-refractivity contribution in [2.75, 3.05) is 13.7 Å². The summed E-state index contributed by atoms with van der Waals surface area (Å²) < 4.78 is 11.8. The Labute approximate surface area is 165 Å². The number of ether oxygens (including phenoxy) is 1. The fourth-order valence-electron chi connectivity index (χ4n) is 2.95. The summed E-state index contributed by atoms with van der Waals surface area (Å²) in [7, 11) is 1.66. The molecule has 0 aliphatic carbocycles. The second-order valence-corrected chi connectivity index (χ2v) is 7.57. The number of nitrogens with zero attached hydrogens (tertiary/aromatic N) is 2. The van der Waals surface area contributed by atoms with Crippen LogP contribution in [0, 0.1) is 6.92 Å². The molecule has 0 saturated heterocycles. The lowest BCUT2D eigenvalue weighted by atomic mass is 10.1. The molecule has 0 fully saturated rings. The number of carbonyl (C=O) groups excluding carboxylic acids is 2. The van der Waals surface area contributed by atoms with E-state index < -0.39 is 5.97 Å². The molecule has 7 heteroatoms. The van der Waals surface area contributed by atoms with Crippen molar-refractivity contribution in [1.29, 1.82) is 0 Å². The molecule has 0 aliphatic rings. The quantitative estimate of drug-likeness (QED) is 0.475. The highest BCUT2D eigenvalue weighted by atomic mass is 32.1. The molecule has 4 rings (SSSR count). The number of benzene rings is 2. The molecule has 142 valence electrons. The van der Waals surface area contributed by atoms with E-state index in [9.17, 15) is 9.59 Å². The Morgan fingerprint density at radius 1 is 1.14 bits per heavy atom. The van der Waals surface area contributed by atoms with Crippen LogP contribution in [0.2, 0.25) is 0 Å². The second kappa shape index (κ2) is 7.44. The molecule has 0 bridgehead atoms. The molecule has 6 nitrogen and oxygen atoms in total. The van der Waals surface area contributed by atoms with Crippen LogP contribution in [0.15, 0.2) is 52.9 Å². The van der Waals surface area contributed by atoms with Gasteiger partial charge in [-0.1, -0.05) is 30.3 Å². The number of fused-ring (bicyclic) bond motifs is 2. The number of amides is 1. The van der Waals surface area contributed by atoms with E-state index in [1.807, 2.05) is 42.5 Å². The van der Waals surface area contributed by atoms with E-state index >= 15 is 0 Å². The number of aromatic nitrogens is 1. The first kappa shape index (κ1) is 18.2. The van der Waals surface area contributed by atoms with Crippen molar-refractivity contribution in [3.63, 3.8) is 0 Å². The van der Waals surface area contributed by atoms with Gasteiger partial charge < -0.3 is 14.1 Å². The number of aryl methyl sites for hydroxylation is 1. The summed E-state index contributed by atoms with van der Waals surface area (Å²) in [5.41, 5.74) is 2.23. The predicted octanol–water partition coefficient (Wildman–Crippen LogP) is 4.17. The van der Waals surface area contributed by atoms with E-state index in [1.165, 1.54) is 4.90 Å². The zero-order valence-corrected chi connectivity index (χ0v) is 16.3. The number of para-hydroxylation sites is 2. The van der Waals surface area contributed by atoms with Gasteiger partial charge in [0.2, 0.25) is 5.76 Å². The molecule has 0 radical (unpaired) electrons. The van der Waals surface area contributed by atoms with Crippen molar-refractivity contribution in [3.8, 4) is 0 Å². The minimum atomic E-state index is -0.643. The lowest BCUT2D eigenvalue weighted by molar-refractivity contribution is -0.133. The monoisotopic (exact) mass is 394 g/mol. The Morgan fingerprint density at radius 2 is 1.89 bits per heavy atom. The van der Waals surface area contributed by atoms with Gasteiger partial charge in [-0.05, 0) is 25.1 Å². The Balaban J connectivity index is 1.38. The normalized spacial score (nSPS) is 11.1. The van der Waals surface area contributed by atoms with Crippen molar-refractivity contribution in [1.82, 2.24) is 9.88 Å². The number of hydrogen-bond acceptors (Lipinski definition) is 6. The first-order chi connectivity index (χ1) is 13.5. The Morgan fingerprint density at radius 3 is 2.68 bits per heavy atom. The van der Waals surface area contributed by atoms with Crippen LogP contribution >= 0.6 is 11.3 Å². The van der Waals surface area contributed by atoms with Gasteiger partial charge in [0.05, 0.1) is 16.8 Å². The smallest absolute Gasteiger partial charge is 0.375 e. The third kappa shape index (κ3) is 3.48. The Kier molecular flexibility index (Phi) is 4.83. The predicted molar refractivity (Wildman–Crippen MR) is 107 cm³/mol. The lowest BCUT2D eigenvalue weighted by Crippen LogP contribution is -2.30. The van der Waals surface area contributed by atoms with Crippen LogP contribution in [0.5, 0.6) is 0 Å². The van der Waals surface area contributed by atoms with Gasteiger partial charge in [0.25, 0.3) is 5.91 Å². The molecule has 2 aromatic heterocycles. The van der Waals surface area contributed by atoms with Crippen LogP contribution < -0.4 is 0 Å². The van der Waals surface area contributed by atoms with E-state index in [0.717, 1.165) is 20.6 Å². The molecule has 1 amide bonds. The molecule has 0 atom stereocenters. The molecular weight excluding hydrogens is 376 g/mol. The van der Waals surface area contributed by atoms with Gasteiger partial charge in [-0.3, -0.25) is 4.79 Å². The zero-order chi connectivity index (χ0) is 19.7. The van der Waals surface area contributed by atoms with Gasteiger partial charge >= 0.3 is 5.97 Å². The first-order valence-corrected chi connectivity index (χ1v) is 9.58. The maximum absolute atomic E-state index is 12.4. The van der Waals surface area contributed by atoms with E-state index in [1.54, 1.807) is 31.4 Å². The summed E-state index contributed by atoms with van der Waals surface area (Å²) in [6.45, 7) is 1.81. The number of carbonyl (C=O) groups is 2. The molecule has 2 aromatic carbocycles. The molecule has 0 unspecified atom stereocenters. The van der Waals surface area contributed by atoms with Gasteiger partial charge in [0.15, 0.2) is 6.61 Å². The number of rotatable bonds is 5. The lowest BCUT2D eigenvalue weighted by Gasteiger charge is -2.15. The maximum atomic E-state index is 12.4. The van der Waals surface area contributed by atoms with Gasteiger partial charge in [-0.25, -0.2) is 9.78 Å². The number of hydrogen-bond donors (Lipinski definition) is 0. The van der Waals surface area contributed by atoms with E-state index in [4.69, 9.17) is 9.15 Å². The summed E-state index contributed by atoms with van der Waals surface area (Å²) in [6.07, 6.45) is 0. The summed E-state index contributed by atoms with van der Waals surface area (Å²) in [4.78, 5) is 30.7. The standard InChI is InChI=1S/C21H18N2O4S/c1-13-14-7-3-5-9-16(14)27-20(13)21(25)26-12-19(24)23(2)11-18-22-15-8-4-6-10-17(15)28-18/h3-10H,11-12H2,1-2H3. The fourth-order valence-corrected chi connectivity index (χ4v) is 3.97. The highest BCUT2D eigenvalue weighted by molar-refractivity contribution is 7.18. The topological polar surface area (TPSA) is 72.6 Å². The average Bonchev–Trinajstić information content (AvgIpc) is 3.26. The van der Waals surface area contributed by atoms with E-state index in [2.05, 4.69) is 4.98 Å². The largest absolute Gasteiger partial charge is 0.450 e. The van der Waals surface area contributed by atoms with Crippen molar-refractivity contribution < 1.29 is 18.7 Å². The van der Waals surface area contributed by atoms with Crippen LogP contribution in [0.25, 0.3) is 21.2 Å². The molecule has 0 saturated carbocycles. The van der Waals surface area contributed by atoms with Crippen LogP contribution in [0.3, 0.4) is 0 Å². The minimum absolute atomic E-state index is 0.128. The molecular formula is C21H18N2O4S. The second-order valence-electron chi connectivity index (χ2n) is 6.45. The summed E-state index contributed by atoms with van der Waals surface area (Å²) in [5.74, 6) is -0.820. The number of esters is 1. The van der Waals surface area contributed by atoms with Gasteiger partial charge in [0, 0.05) is 18.0 Å². The minimum Gasteiger partial charge on any atom is -0.450 e. The highest BCUT2D eigenvalue weighted by Crippen LogP contribution is 2.25. The summed E-state index contributed by atoms with van der Waals surface area (Å²) in [5, 5.41) is 1.69. The molecule has 0 aliphatic heterocycles. The highest BCUT2D eigenvalue weighted by Gasteiger charge is 2.21. The summed E-state index contributed by atoms with van der Waals surface area (Å²) >= 11 is 1.54. The number of thiazole rings is 1. The SMILES string of the molecule is Cc1c(C(=O)OCC(=O)N(C)Cc2nc3ccccc3s2)oc2ccccc12. The number of furan rings is 1. The van der Waals surface area contributed by atoms with Crippen LogP contribution in [-0.2, 0) is 16.1 Å². The van der Waals surface area contributed by atoms with Gasteiger partial charge in [0.1, 0.15) is 10.6 Å². The van der Waals surface area contributed by atoms with Gasteiger partial charge in [-0.2, -0.15) is 0 Å². The van der Waals surface area contributed by atoms with Crippen molar-refractivity contribution in [3.05, 3.63) is 64.9 Å². The van der Waals surface area contributed by atoms with Crippen LogP contribution in [0.1, 0.15) is 21.1 Å². The molecule has 0 N–H and O–H groups in total. The third-order valence-corrected chi connectivity index (χ3v) is 5.51. The van der Waals surface area contributed by atoms with E-state index in [0.29, 0.717) is 17.7 Å². The molecule has 28 heavy (non-hydrogen) atoms. The van der Waals surface area contributed by atoms with Crippen LogP contribution in [-0.4, -0.2) is 35.4 Å².